The van der Waals surface area contributed by atoms with E-state index < -0.39 is 0 Å². The second kappa shape index (κ2) is 7.16. The Morgan fingerprint density at radius 3 is 2.42 bits per heavy atom. The van der Waals surface area contributed by atoms with Crippen LogP contribution in [0.4, 0.5) is 5.69 Å². The molecule has 2 nitrogen and oxygen atoms in total. The number of hydrogen-bond donors (Lipinski definition) is 1. The molecule has 0 unspecified atom stereocenters. The predicted molar refractivity (Wildman–Crippen MR) is 84.2 cm³/mol. The molecular formula is C15H12BrNOS. The van der Waals surface area contributed by atoms with Gasteiger partial charge in [-0.1, -0.05) is 45.9 Å². The highest BCUT2D eigenvalue weighted by atomic mass is 79.9. The van der Waals surface area contributed by atoms with Crippen molar-refractivity contribution in [1.82, 2.24) is 0 Å². The zero-order valence-corrected chi connectivity index (χ0v) is 12.4. The number of thioether (sulfide) groups is 1. The Morgan fingerprint density at radius 2 is 1.74 bits per heavy atom. The molecule has 2 rings (SSSR count). The molecule has 0 radical (unpaired) electrons. The summed E-state index contributed by atoms with van der Waals surface area (Å²) < 4.78 is 0.987. The molecule has 1 N–H and O–H groups in total. The maximum Gasteiger partial charge on any atom is 0.248 e. The van der Waals surface area contributed by atoms with Crippen LogP contribution in [0.1, 0.15) is 0 Å². The summed E-state index contributed by atoms with van der Waals surface area (Å²) in [6.07, 6.45) is 1.53. The van der Waals surface area contributed by atoms with Gasteiger partial charge in [0, 0.05) is 21.1 Å². The van der Waals surface area contributed by atoms with Crippen LogP contribution >= 0.6 is 27.7 Å². The van der Waals surface area contributed by atoms with Crippen molar-refractivity contribution in [2.24, 2.45) is 0 Å². The van der Waals surface area contributed by atoms with Gasteiger partial charge in [0.05, 0.1) is 0 Å². The Balaban J connectivity index is 1.86. The lowest BCUT2D eigenvalue weighted by Gasteiger charge is -2.01. The summed E-state index contributed by atoms with van der Waals surface area (Å²) >= 11 is 4.86. The number of anilines is 1. The molecule has 0 heterocycles. The zero-order chi connectivity index (χ0) is 13.5. The standard InChI is InChI=1S/C15H12BrNOS/c16-12-6-8-13(9-7-12)17-15(18)10-11-19-14-4-2-1-3-5-14/h1-11H,(H,17,18). The SMILES string of the molecule is O=C(C=CSc1ccccc1)Nc1ccc(Br)cc1. The van der Waals surface area contributed by atoms with Crippen molar-refractivity contribution in [2.45, 2.75) is 4.90 Å². The van der Waals surface area contributed by atoms with Crippen molar-refractivity contribution >= 4 is 39.3 Å². The summed E-state index contributed by atoms with van der Waals surface area (Å²) in [6, 6.07) is 17.4. The second-order valence-corrected chi connectivity index (χ2v) is 5.62. The van der Waals surface area contributed by atoms with E-state index >= 15 is 0 Å². The largest absolute Gasteiger partial charge is 0.322 e. The van der Waals surface area contributed by atoms with E-state index in [-0.39, 0.29) is 5.91 Å². The average molecular weight is 334 g/mol. The highest BCUT2D eigenvalue weighted by Crippen LogP contribution is 2.18. The number of amides is 1. The van der Waals surface area contributed by atoms with Crippen LogP contribution in [0.5, 0.6) is 0 Å². The van der Waals surface area contributed by atoms with Crippen LogP contribution in [0.15, 0.2) is 75.4 Å². The Hall–Kier alpha value is -1.52. The summed E-state index contributed by atoms with van der Waals surface area (Å²) in [7, 11) is 0. The molecular weight excluding hydrogens is 322 g/mol. The first-order chi connectivity index (χ1) is 9.24. The monoisotopic (exact) mass is 333 g/mol. The van der Waals surface area contributed by atoms with Crippen molar-refractivity contribution in [1.29, 1.82) is 0 Å². The quantitative estimate of drug-likeness (QED) is 0.649. The van der Waals surface area contributed by atoms with Gasteiger partial charge in [-0.3, -0.25) is 4.79 Å². The van der Waals surface area contributed by atoms with E-state index in [1.807, 2.05) is 54.6 Å². The van der Waals surface area contributed by atoms with Crippen LogP contribution in [0.3, 0.4) is 0 Å². The molecule has 0 atom stereocenters. The molecule has 0 saturated carbocycles. The molecule has 2 aromatic carbocycles. The molecule has 0 aromatic heterocycles. The molecule has 0 saturated heterocycles. The molecule has 4 heteroatoms. The van der Waals surface area contributed by atoms with Crippen molar-refractivity contribution in [3.8, 4) is 0 Å². The highest BCUT2D eigenvalue weighted by Gasteiger charge is 1.97. The minimum Gasteiger partial charge on any atom is -0.322 e. The molecule has 1 amide bonds. The number of hydrogen-bond acceptors (Lipinski definition) is 2. The van der Waals surface area contributed by atoms with E-state index in [2.05, 4.69) is 21.2 Å². The maximum atomic E-state index is 11.7. The van der Waals surface area contributed by atoms with Gasteiger partial charge >= 0.3 is 0 Å². The van der Waals surface area contributed by atoms with Crippen molar-refractivity contribution < 1.29 is 4.79 Å². The van der Waals surface area contributed by atoms with E-state index in [4.69, 9.17) is 0 Å². The summed E-state index contributed by atoms with van der Waals surface area (Å²) in [4.78, 5) is 12.8. The van der Waals surface area contributed by atoms with Gasteiger partial charge < -0.3 is 5.32 Å². The average Bonchev–Trinajstić information content (AvgIpc) is 2.43. The molecule has 2 aromatic rings. The van der Waals surface area contributed by atoms with Crippen LogP contribution in [0, 0.1) is 0 Å². The van der Waals surface area contributed by atoms with Gasteiger partial charge in [0.1, 0.15) is 0 Å². The lowest BCUT2D eigenvalue weighted by molar-refractivity contribution is -0.111. The van der Waals surface area contributed by atoms with Crippen LogP contribution < -0.4 is 5.32 Å². The Labute approximate surface area is 125 Å². The Morgan fingerprint density at radius 1 is 1.05 bits per heavy atom. The number of benzene rings is 2. The minimum absolute atomic E-state index is 0.134. The second-order valence-electron chi connectivity index (χ2n) is 3.73. The number of rotatable bonds is 4. The molecule has 0 fully saturated rings. The van der Waals surface area contributed by atoms with Crippen LogP contribution in [0.2, 0.25) is 0 Å². The Kier molecular flexibility index (Phi) is 5.24. The fourth-order valence-corrected chi connectivity index (χ4v) is 2.32. The predicted octanol–water partition coefficient (Wildman–Crippen LogP) is 4.69. The highest BCUT2D eigenvalue weighted by molar-refractivity contribution is 9.10. The Bertz CT molecular complexity index is 566. The van der Waals surface area contributed by atoms with Crippen LogP contribution in [-0.2, 0) is 4.79 Å². The summed E-state index contributed by atoms with van der Waals surface area (Å²) in [6.45, 7) is 0. The van der Waals surface area contributed by atoms with Crippen molar-refractivity contribution in [3.05, 3.63) is 70.6 Å². The molecule has 0 aliphatic carbocycles. The van der Waals surface area contributed by atoms with Crippen LogP contribution in [0.25, 0.3) is 0 Å². The fourth-order valence-electron chi connectivity index (χ4n) is 1.39. The zero-order valence-electron chi connectivity index (χ0n) is 10.0. The van der Waals surface area contributed by atoms with E-state index in [9.17, 15) is 4.79 Å². The molecule has 0 spiro atoms. The third-order valence-electron chi connectivity index (χ3n) is 2.28. The topological polar surface area (TPSA) is 29.1 Å². The van der Waals surface area contributed by atoms with E-state index in [0.717, 1.165) is 15.1 Å². The van der Waals surface area contributed by atoms with Gasteiger partial charge in [0.25, 0.3) is 0 Å². The van der Waals surface area contributed by atoms with Gasteiger partial charge in [0.15, 0.2) is 0 Å². The smallest absolute Gasteiger partial charge is 0.248 e. The van der Waals surface area contributed by atoms with Gasteiger partial charge in [-0.15, -0.1) is 0 Å². The van der Waals surface area contributed by atoms with Gasteiger partial charge in [-0.05, 0) is 41.8 Å². The lowest BCUT2D eigenvalue weighted by atomic mass is 10.3. The normalized spacial score (nSPS) is 10.6. The molecule has 0 aliphatic heterocycles. The number of carbonyl (C=O) groups is 1. The third kappa shape index (κ3) is 4.93. The van der Waals surface area contributed by atoms with E-state index in [1.54, 1.807) is 5.41 Å². The number of carbonyl (C=O) groups excluding carboxylic acids is 1. The first-order valence-corrected chi connectivity index (χ1v) is 7.36. The van der Waals surface area contributed by atoms with Crippen molar-refractivity contribution in [2.75, 3.05) is 5.32 Å². The number of nitrogens with one attached hydrogen (secondary N) is 1. The minimum atomic E-state index is -0.134. The fraction of sp³-hybridized carbons (Fsp3) is 0. The first kappa shape index (κ1) is 13.9. The van der Waals surface area contributed by atoms with E-state index in [1.165, 1.54) is 17.8 Å². The third-order valence-corrected chi connectivity index (χ3v) is 3.62. The molecule has 0 aliphatic rings. The van der Waals surface area contributed by atoms with Crippen LogP contribution in [-0.4, -0.2) is 5.91 Å². The van der Waals surface area contributed by atoms with Crippen molar-refractivity contribution in [3.63, 3.8) is 0 Å². The molecule has 96 valence electrons. The molecule has 0 bridgehead atoms. The van der Waals surface area contributed by atoms with Gasteiger partial charge in [-0.25, -0.2) is 0 Å². The lowest BCUT2D eigenvalue weighted by Crippen LogP contribution is -2.07. The molecule has 19 heavy (non-hydrogen) atoms. The summed E-state index contributed by atoms with van der Waals surface area (Å²) in [5.41, 5.74) is 0.780. The number of halogens is 1. The first-order valence-electron chi connectivity index (χ1n) is 5.69. The van der Waals surface area contributed by atoms with Gasteiger partial charge in [-0.2, -0.15) is 0 Å². The van der Waals surface area contributed by atoms with E-state index in [0.29, 0.717) is 0 Å². The summed E-state index contributed by atoms with van der Waals surface area (Å²) in [5.74, 6) is -0.134. The summed E-state index contributed by atoms with van der Waals surface area (Å²) in [5, 5.41) is 4.58. The maximum absolute atomic E-state index is 11.7. The van der Waals surface area contributed by atoms with Gasteiger partial charge in [0.2, 0.25) is 5.91 Å².